The van der Waals surface area contributed by atoms with Crippen LogP contribution in [-0.2, 0) is 32.7 Å². The predicted molar refractivity (Wildman–Crippen MR) is 280 cm³/mol. The first kappa shape index (κ1) is 65.0. The molecule has 0 aromatic carbocycles. The average Bonchev–Trinajstić information content (AvgIpc) is 3.27. The lowest BCUT2D eigenvalue weighted by molar-refractivity contribution is -0.870. The van der Waals surface area contributed by atoms with E-state index < -0.39 is 26.5 Å². The van der Waals surface area contributed by atoms with Gasteiger partial charge in [-0.15, -0.1) is 0 Å². The van der Waals surface area contributed by atoms with E-state index in [2.05, 4.69) is 13.8 Å². The fourth-order valence-electron chi connectivity index (χ4n) is 8.67. The van der Waals surface area contributed by atoms with Crippen molar-refractivity contribution in [2.45, 2.75) is 302 Å². The van der Waals surface area contributed by atoms with Crippen molar-refractivity contribution in [1.29, 1.82) is 0 Å². The third-order valence-electron chi connectivity index (χ3n) is 13.1. The van der Waals surface area contributed by atoms with Crippen LogP contribution < -0.4 is 0 Å². The number of phosphoric ester groups is 1. The predicted octanol–water partition coefficient (Wildman–Crippen LogP) is 17.5. The maximum atomic E-state index is 12.7. The van der Waals surface area contributed by atoms with E-state index in [1.54, 1.807) is 0 Å². The maximum absolute atomic E-state index is 12.7. The Morgan fingerprint density at radius 2 is 0.682 bits per heavy atom. The van der Waals surface area contributed by atoms with Gasteiger partial charge in [-0.2, -0.15) is 0 Å². The smallest absolute Gasteiger partial charge is 0.462 e. The highest BCUT2D eigenvalue weighted by molar-refractivity contribution is 7.47. The number of hydrogen-bond donors (Lipinski definition) is 1. The monoisotopic (exact) mass is 959 g/mol. The summed E-state index contributed by atoms with van der Waals surface area (Å²) in [6, 6.07) is 0. The first-order valence-electron chi connectivity index (χ1n) is 28.8. The highest BCUT2D eigenvalue weighted by atomic mass is 31.2. The van der Waals surface area contributed by atoms with E-state index in [0.29, 0.717) is 17.4 Å². The minimum absolute atomic E-state index is 0.0364. The van der Waals surface area contributed by atoms with Crippen LogP contribution in [0.15, 0.2) is 0 Å². The highest BCUT2D eigenvalue weighted by Gasteiger charge is 2.27. The Labute approximate surface area is 410 Å². The van der Waals surface area contributed by atoms with Crippen molar-refractivity contribution < 1.29 is 42.1 Å². The molecule has 0 aromatic heterocycles. The second-order valence-electron chi connectivity index (χ2n) is 21.0. The van der Waals surface area contributed by atoms with Crippen LogP contribution in [0.25, 0.3) is 0 Å². The zero-order valence-corrected chi connectivity index (χ0v) is 45.6. The average molecular weight is 959 g/mol. The number of carbonyl (C=O) groups is 2. The molecule has 394 valence electrons. The molecule has 0 amide bonds. The number of rotatable bonds is 54. The van der Waals surface area contributed by atoms with E-state index in [1.165, 1.54) is 231 Å². The van der Waals surface area contributed by atoms with Crippen molar-refractivity contribution in [2.24, 2.45) is 0 Å². The molecule has 0 saturated carbocycles. The van der Waals surface area contributed by atoms with Gasteiger partial charge < -0.3 is 18.9 Å². The van der Waals surface area contributed by atoms with Gasteiger partial charge in [0.15, 0.2) is 6.10 Å². The molecule has 2 unspecified atom stereocenters. The van der Waals surface area contributed by atoms with Gasteiger partial charge in [0, 0.05) is 12.8 Å². The fourth-order valence-corrected chi connectivity index (χ4v) is 9.41. The lowest BCUT2D eigenvalue weighted by Gasteiger charge is -2.24. The standard InChI is InChI=1S/C56H112NO8P/c1-6-8-10-12-14-15-16-17-18-19-20-21-22-23-24-25-26-27-28-29-30-31-32-33-34-35-36-37-38-39-40-41-42-43-45-47-49-56(59)65-54(52-62-55(58)48-46-44-13-11-9-7-2)53-64-66(60,61)63-51-50-57(3,4)5/h54H,6-53H2,1-5H3/p+1. The Morgan fingerprint density at radius 1 is 0.409 bits per heavy atom. The van der Waals surface area contributed by atoms with E-state index in [4.69, 9.17) is 18.5 Å². The molecule has 66 heavy (non-hydrogen) atoms. The zero-order chi connectivity index (χ0) is 48.5. The number of phosphoric acid groups is 1. The van der Waals surface area contributed by atoms with Crippen LogP contribution in [0.2, 0.25) is 0 Å². The molecular formula is C56H113NO8P+. The van der Waals surface area contributed by atoms with Gasteiger partial charge in [-0.1, -0.05) is 271 Å². The summed E-state index contributed by atoms with van der Waals surface area (Å²) in [4.78, 5) is 35.2. The molecule has 0 spiro atoms. The molecule has 1 N–H and O–H groups in total. The van der Waals surface area contributed by atoms with Gasteiger partial charge in [-0.3, -0.25) is 18.6 Å². The van der Waals surface area contributed by atoms with Crippen LogP contribution in [0, 0.1) is 0 Å². The molecular weight excluding hydrogens is 846 g/mol. The van der Waals surface area contributed by atoms with E-state index in [1.807, 2.05) is 21.1 Å². The van der Waals surface area contributed by atoms with Gasteiger partial charge in [-0.05, 0) is 12.8 Å². The summed E-state index contributed by atoms with van der Waals surface area (Å²) >= 11 is 0. The molecule has 0 radical (unpaired) electrons. The molecule has 0 saturated heterocycles. The normalized spacial score (nSPS) is 13.2. The van der Waals surface area contributed by atoms with E-state index >= 15 is 0 Å². The zero-order valence-electron chi connectivity index (χ0n) is 44.7. The maximum Gasteiger partial charge on any atom is 0.472 e. The number of esters is 2. The molecule has 9 nitrogen and oxygen atoms in total. The Balaban J connectivity index is 3.74. The number of unbranched alkanes of at least 4 members (excludes halogenated alkanes) is 40. The fraction of sp³-hybridized carbons (Fsp3) is 0.964. The Morgan fingerprint density at radius 3 is 0.970 bits per heavy atom. The molecule has 0 aliphatic carbocycles. The third kappa shape index (κ3) is 52.4. The van der Waals surface area contributed by atoms with Gasteiger partial charge in [0.1, 0.15) is 19.8 Å². The Hall–Kier alpha value is -0.990. The third-order valence-corrected chi connectivity index (χ3v) is 14.1. The number of nitrogens with zero attached hydrogens (tertiary/aromatic N) is 1. The summed E-state index contributed by atoms with van der Waals surface area (Å²) in [5, 5.41) is 0. The van der Waals surface area contributed by atoms with Crippen molar-refractivity contribution in [3.63, 3.8) is 0 Å². The van der Waals surface area contributed by atoms with Crippen LogP contribution in [0.4, 0.5) is 0 Å². The number of ether oxygens (including phenoxy) is 2. The van der Waals surface area contributed by atoms with Gasteiger partial charge in [0.05, 0.1) is 27.7 Å². The molecule has 10 heteroatoms. The second kappa shape index (κ2) is 49.0. The van der Waals surface area contributed by atoms with Crippen LogP contribution in [0.3, 0.4) is 0 Å². The molecule has 0 fully saturated rings. The van der Waals surface area contributed by atoms with Crippen molar-refractivity contribution >= 4 is 19.8 Å². The van der Waals surface area contributed by atoms with E-state index in [0.717, 1.165) is 38.5 Å². The number of hydrogen-bond acceptors (Lipinski definition) is 7. The minimum atomic E-state index is -4.36. The largest absolute Gasteiger partial charge is 0.472 e. The molecule has 0 rings (SSSR count). The van der Waals surface area contributed by atoms with Crippen LogP contribution in [0.1, 0.15) is 296 Å². The molecule has 0 aliphatic heterocycles. The molecule has 0 heterocycles. The highest BCUT2D eigenvalue weighted by Crippen LogP contribution is 2.43. The van der Waals surface area contributed by atoms with E-state index in [9.17, 15) is 19.0 Å². The summed E-state index contributed by atoms with van der Waals surface area (Å²) in [6.45, 7) is 4.41. The number of carbonyl (C=O) groups excluding carboxylic acids is 2. The Bertz CT molecular complexity index is 1080. The summed E-state index contributed by atoms with van der Waals surface area (Å²) in [5.74, 6) is -0.792. The first-order valence-corrected chi connectivity index (χ1v) is 30.3. The lowest BCUT2D eigenvalue weighted by atomic mass is 10.0. The van der Waals surface area contributed by atoms with E-state index in [-0.39, 0.29) is 25.6 Å². The lowest BCUT2D eigenvalue weighted by Crippen LogP contribution is -2.37. The number of likely N-dealkylation sites (N-methyl/N-ethyl adjacent to an activating group) is 1. The van der Waals surface area contributed by atoms with Crippen LogP contribution >= 0.6 is 7.82 Å². The van der Waals surface area contributed by atoms with Crippen LogP contribution in [-0.4, -0.2) is 74.9 Å². The van der Waals surface area contributed by atoms with Crippen molar-refractivity contribution in [2.75, 3.05) is 47.5 Å². The quantitative estimate of drug-likeness (QED) is 0.0278. The van der Waals surface area contributed by atoms with Crippen molar-refractivity contribution in [1.82, 2.24) is 0 Å². The molecule has 2 atom stereocenters. The van der Waals surface area contributed by atoms with Crippen molar-refractivity contribution in [3.05, 3.63) is 0 Å². The Kier molecular flexibility index (Phi) is 48.3. The first-order chi connectivity index (χ1) is 32.0. The summed E-state index contributed by atoms with van der Waals surface area (Å²) in [5.41, 5.74) is 0. The molecule has 0 aromatic rings. The van der Waals surface area contributed by atoms with Gasteiger partial charge in [0.25, 0.3) is 0 Å². The van der Waals surface area contributed by atoms with Crippen LogP contribution in [0.5, 0.6) is 0 Å². The number of quaternary nitrogens is 1. The summed E-state index contributed by atoms with van der Waals surface area (Å²) < 4.78 is 34.3. The topological polar surface area (TPSA) is 108 Å². The minimum Gasteiger partial charge on any atom is -0.462 e. The summed E-state index contributed by atoms with van der Waals surface area (Å²) in [7, 11) is 1.49. The summed E-state index contributed by atoms with van der Waals surface area (Å²) in [6.07, 6.45) is 55.4. The van der Waals surface area contributed by atoms with Gasteiger partial charge in [0.2, 0.25) is 0 Å². The second-order valence-corrected chi connectivity index (χ2v) is 22.5. The van der Waals surface area contributed by atoms with Crippen molar-refractivity contribution in [3.8, 4) is 0 Å². The molecule has 0 bridgehead atoms. The van der Waals surface area contributed by atoms with Gasteiger partial charge in [-0.25, -0.2) is 4.57 Å². The SMILES string of the molecule is CCCCCCCCCCCCCCCCCCCCCCCCCCCCCCCCCCCCCCC(=O)OC(COC(=O)CCCCCCCC)COP(=O)(O)OCC[N+](C)(C)C. The molecule has 0 aliphatic rings. The van der Waals surface area contributed by atoms with Gasteiger partial charge >= 0.3 is 19.8 Å².